The minimum atomic E-state index is -0.0838. The molecule has 1 aliphatic carbocycles. The minimum Gasteiger partial charge on any atom is -0.397 e. The molecule has 0 amide bonds. The molecule has 1 aromatic heterocycles. The second-order valence-electron chi connectivity index (χ2n) is 4.72. The van der Waals surface area contributed by atoms with Gasteiger partial charge in [-0.1, -0.05) is 0 Å². The third-order valence-corrected chi connectivity index (χ3v) is 3.25. The van der Waals surface area contributed by atoms with E-state index >= 15 is 0 Å². The van der Waals surface area contributed by atoms with E-state index in [9.17, 15) is 5.11 Å². The van der Waals surface area contributed by atoms with Crippen LogP contribution in [0.1, 0.15) is 18.5 Å². The maximum atomic E-state index is 9.23. The largest absolute Gasteiger partial charge is 0.397 e. The Morgan fingerprint density at radius 1 is 1.50 bits per heavy atom. The van der Waals surface area contributed by atoms with Crippen LogP contribution in [-0.2, 0) is 0 Å². The highest BCUT2D eigenvalue weighted by molar-refractivity contribution is 5.50. The Morgan fingerprint density at radius 2 is 2.19 bits per heavy atom. The van der Waals surface area contributed by atoms with Crippen molar-refractivity contribution in [3.63, 3.8) is 0 Å². The fourth-order valence-electron chi connectivity index (χ4n) is 2.10. The van der Waals surface area contributed by atoms with Gasteiger partial charge < -0.3 is 15.7 Å². The molecule has 0 radical (unpaired) electrons. The fourth-order valence-corrected chi connectivity index (χ4v) is 2.10. The van der Waals surface area contributed by atoms with Gasteiger partial charge in [0.1, 0.15) is 5.82 Å². The van der Waals surface area contributed by atoms with Crippen LogP contribution < -0.4 is 10.6 Å². The van der Waals surface area contributed by atoms with Crippen molar-refractivity contribution in [2.75, 3.05) is 24.2 Å². The quantitative estimate of drug-likeness (QED) is 0.804. The van der Waals surface area contributed by atoms with E-state index in [1.807, 2.05) is 26.1 Å². The average molecular weight is 221 g/mol. The topological polar surface area (TPSA) is 62.4 Å². The number of aliphatic hydroxyl groups is 1. The summed E-state index contributed by atoms with van der Waals surface area (Å²) in [6.07, 6.45) is 1.75. The number of anilines is 2. The van der Waals surface area contributed by atoms with Crippen LogP contribution in [0.3, 0.4) is 0 Å². The first kappa shape index (κ1) is 11.2. The third kappa shape index (κ3) is 2.27. The van der Waals surface area contributed by atoms with Crippen LogP contribution in [0, 0.1) is 12.8 Å². The summed E-state index contributed by atoms with van der Waals surface area (Å²) in [4.78, 5) is 6.57. The molecule has 0 spiro atoms. The standard InChI is InChI=1S/C12H19N3O/c1-8-11(13)3-4-12(14-8)15(2)7-9-5-10(16)6-9/h3-4,9-10,16H,5-7,13H2,1-2H3. The van der Waals surface area contributed by atoms with Crippen LogP contribution >= 0.6 is 0 Å². The van der Waals surface area contributed by atoms with Gasteiger partial charge in [0.25, 0.3) is 0 Å². The van der Waals surface area contributed by atoms with Crippen LogP contribution in [0.2, 0.25) is 0 Å². The van der Waals surface area contributed by atoms with Gasteiger partial charge in [0.2, 0.25) is 0 Å². The number of nitrogens with zero attached hydrogens (tertiary/aromatic N) is 2. The first-order valence-corrected chi connectivity index (χ1v) is 5.68. The molecule has 1 aliphatic rings. The highest BCUT2D eigenvalue weighted by Crippen LogP contribution is 2.28. The predicted molar refractivity (Wildman–Crippen MR) is 65.4 cm³/mol. The normalized spacial score (nSPS) is 23.9. The van der Waals surface area contributed by atoms with Gasteiger partial charge in [0, 0.05) is 13.6 Å². The molecule has 0 aliphatic heterocycles. The summed E-state index contributed by atoms with van der Waals surface area (Å²) < 4.78 is 0. The zero-order valence-corrected chi connectivity index (χ0v) is 9.85. The van der Waals surface area contributed by atoms with Gasteiger partial charge >= 0.3 is 0 Å². The Hall–Kier alpha value is -1.29. The monoisotopic (exact) mass is 221 g/mol. The number of rotatable bonds is 3. The van der Waals surface area contributed by atoms with Gasteiger partial charge in [-0.25, -0.2) is 4.98 Å². The molecule has 0 saturated heterocycles. The number of aryl methyl sites for hydroxylation is 1. The van der Waals surface area contributed by atoms with Gasteiger partial charge in [0.05, 0.1) is 17.5 Å². The highest BCUT2D eigenvalue weighted by atomic mass is 16.3. The molecule has 1 heterocycles. The molecular weight excluding hydrogens is 202 g/mol. The van der Waals surface area contributed by atoms with E-state index in [4.69, 9.17) is 5.73 Å². The Labute approximate surface area is 96.1 Å². The maximum absolute atomic E-state index is 9.23. The summed E-state index contributed by atoms with van der Waals surface area (Å²) in [7, 11) is 2.03. The van der Waals surface area contributed by atoms with Gasteiger partial charge in [-0.15, -0.1) is 0 Å². The lowest BCUT2D eigenvalue weighted by Gasteiger charge is -2.34. The molecule has 0 bridgehead atoms. The number of pyridine rings is 1. The van der Waals surface area contributed by atoms with Crippen LogP contribution in [0.4, 0.5) is 11.5 Å². The van der Waals surface area contributed by atoms with E-state index in [1.54, 1.807) is 0 Å². The predicted octanol–water partition coefficient (Wildman–Crippen LogP) is 1.18. The Bertz CT molecular complexity index is 375. The number of nitrogens with two attached hydrogens (primary N) is 1. The summed E-state index contributed by atoms with van der Waals surface area (Å²) in [5.74, 6) is 1.55. The molecule has 16 heavy (non-hydrogen) atoms. The number of nitrogen functional groups attached to an aromatic ring is 1. The SMILES string of the molecule is Cc1nc(N(C)CC2CC(O)C2)ccc1N. The third-order valence-electron chi connectivity index (χ3n) is 3.25. The minimum absolute atomic E-state index is 0.0838. The molecule has 3 N–H and O–H groups in total. The highest BCUT2D eigenvalue weighted by Gasteiger charge is 2.28. The van der Waals surface area contributed by atoms with Crippen molar-refractivity contribution in [1.29, 1.82) is 0 Å². The van der Waals surface area contributed by atoms with E-state index in [1.165, 1.54) is 0 Å². The Kier molecular flexibility index (Phi) is 3.01. The zero-order chi connectivity index (χ0) is 11.7. The van der Waals surface area contributed by atoms with E-state index in [0.29, 0.717) is 5.92 Å². The molecule has 1 saturated carbocycles. The number of hydrogen-bond donors (Lipinski definition) is 2. The van der Waals surface area contributed by atoms with E-state index in [2.05, 4.69) is 9.88 Å². The van der Waals surface area contributed by atoms with Crippen molar-refractivity contribution < 1.29 is 5.11 Å². The summed E-state index contributed by atoms with van der Waals surface area (Å²) in [5.41, 5.74) is 7.34. The summed E-state index contributed by atoms with van der Waals surface area (Å²) in [6, 6.07) is 3.83. The lowest BCUT2D eigenvalue weighted by atomic mass is 9.82. The van der Waals surface area contributed by atoms with E-state index in [0.717, 1.165) is 36.6 Å². The molecular formula is C12H19N3O. The van der Waals surface area contributed by atoms with Crippen LogP contribution in [0.15, 0.2) is 12.1 Å². The van der Waals surface area contributed by atoms with Crippen molar-refractivity contribution in [2.45, 2.75) is 25.9 Å². The smallest absolute Gasteiger partial charge is 0.128 e. The number of aromatic nitrogens is 1. The van der Waals surface area contributed by atoms with Gasteiger partial charge in [-0.3, -0.25) is 0 Å². The van der Waals surface area contributed by atoms with Crippen molar-refractivity contribution in [3.05, 3.63) is 17.8 Å². The van der Waals surface area contributed by atoms with Crippen LogP contribution in [0.5, 0.6) is 0 Å². The average Bonchev–Trinajstić information content (AvgIpc) is 2.19. The molecule has 2 rings (SSSR count). The molecule has 1 aromatic rings. The zero-order valence-electron chi connectivity index (χ0n) is 9.85. The van der Waals surface area contributed by atoms with Gasteiger partial charge in [0.15, 0.2) is 0 Å². The van der Waals surface area contributed by atoms with Crippen molar-refractivity contribution in [3.8, 4) is 0 Å². The molecule has 4 nitrogen and oxygen atoms in total. The van der Waals surface area contributed by atoms with Crippen molar-refractivity contribution in [1.82, 2.24) is 4.98 Å². The Morgan fingerprint density at radius 3 is 2.75 bits per heavy atom. The molecule has 0 unspecified atom stereocenters. The summed E-state index contributed by atoms with van der Waals surface area (Å²) >= 11 is 0. The number of aliphatic hydroxyl groups excluding tert-OH is 1. The Balaban J connectivity index is 1.97. The lowest BCUT2D eigenvalue weighted by Crippen LogP contribution is -2.37. The first-order valence-electron chi connectivity index (χ1n) is 5.68. The second-order valence-corrected chi connectivity index (χ2v) is 4.72. The van der Waals surface area contributed by atoms with Gasteiger partial charge in [-0.05, 0) is 37.8 Å². The molecule has 0 aromatic carbocycles. The molecule has 4 heteroatoms. The summed E-state index contributed by atoms with van der Waals surface area (Å²) in [6.45, 7) is 2.87. The lowest BCUT2D eigenvalue weighted by molar-refractivity contribution is 0.0464. The fraction of sp³-hybridized carbons (Fsp3) is 0.583. The van der Waals surface area contributed by atoms with Crippen LogP contribution in [-0.4, -0.2) is 29.8 Å². The van der Waals surface area contributed by atoms with Crippen molar-refractivity contribution in [2.24, 2.45) is 5.92 Å². The molecule has 0 atom stereocenters. The number of hydrogen-bond acceptors (Lipinski definition) is 4. The van der Waals surface area contributed by atoms with E-state index < -0.39 is 0 Å². The first-order chi connectivity index (χ1) is 7.56. The molecule has 1 fully saturated rings. The maximum Gasteiger partial charge on any atom is 0.128 e. The van der Waals surface area contributed by atoms with Crippen molar-refractivity contribution >= 4 is 11.5 Å². The van der Waals surface area contributed by atoms with Crippen LogP contribution in [0.25, 0.3) is 0 Å². The van der Waals surface area contributed by atoms with E-state index in [-0.39, 0.29) is 6.10 Å². The molecule has 88 valence electrons. The second kappa shape index (κ2) is 4.29. The summed E-state index contributed by atoms with van der Waals surface area (Å²) in [5, 5.41) is 9.23. The van der Waals surface area contributed by atoms with Gasteiger partial charge in [-0.2, -0.15) is 0 Å².